The van der Waals surface area contributed by atoms with Crippen molar-refractivity contribution in [3.05, 3.63) is 69.9 Å². The predicted molar refractivity (Wildman–Crippen MR) is 105 cm³/mol. The van der Waals surface area contributed by atoms with E-state index in [4.69, 9.17) is 4.42 Å². The monoisotopic (exact) mass is 378 g/mol. The van der Waals surface area contributed by atoms with E-state index in [1.54, 1.807) is 0 Å². The van der Waals surface area contributed by atoms with Gasteiger partial charge < -0.3 is 24.8 Å². The molecule has 4 aromatic rings. The van der Waals surface area contributed by atoms with Crippen LogP contribution < -0.4 is 5.43 Å². The molecule has 0 radical (unpaired) electrons. The second-order valence-corrected chi connectivity index (χ2v) is 6.70. The maximum atomic E-state index is 13.0. The fraction of sp³-hybridized carbons (Fsp3) is 0.136. The van der Waals surface area contributed by atoms with Crippen molar-refractivity contribution in [2.45, 2.75) is 19.3 Å². The van der Waals surface area contributed by atoms with Crippen LogP contribution in [0.15, 0.2) is 57.7 Å². The highest BCUT2D eigenvalue weighted by atomic mass is 16.3. The summed E-state index contributed by atoms with van der Waals surface area (Å²) >= 11 is 0. The molecule has 0 saturated carbocycles. The van der Waals surface area contributed by atoms with Gasteiger partial charge in [-0.15, -0.1) is 0 Å². The Morgan fingerprint density at radius 2 is 1.50 bits per heavy atom. The Hall–Kier alpha value is -3.67. The molecule has 0 aliphatic carbocycles. The van der Waals surface area contributed by atoms with E-state index in [0.717, 1.165) is 24.1 Å². The smallest absolute Gasteiger partial charge is 0.204 e. The minimum atomic E-state index is -0.529. The fourth-order valence-electron chi connectivity index (χ4n) is 3.51. The summed E-state index contributed by atoms with van der Waals surface area (Å²) < 4.78 is 5.64. The van der Waals surface area contributed by atoms with Crippen LogP contribution in [-0.4, -0.2) is 20.4 Å². The number of benzene rings is 3. The van der Waals surface area contributed by atoms with Gasteiger partial charge in [0.25, 0.3) is 0 Å². The first-order valence-electron chi connectivity index (χ1n) is 8.86. The first kappa shape index (κ1) is 17.7. The normalized spacial score (nSPS) is 11.3. The van der Waals surface area contributed by atoms with Gasteiger partial charge in [-0.25, -0.2) is 0 Å². The molecule has 1 heterocycles. The molecule has 0 unspecified atom stereocenters. The molecule has 4 rings (SSSR count). The highest BCUT2D eigenvalue weighted by molar-refractivity contribution is 5.96. The van der Waals surface area contributed by atoms with Crippen LogP contribution in [0, 0.1) is 0 Å². The standard InChI is InChI=1S/C22H18O6/c23-13-9-15(24)20-17(10-13)28-18-11-16(25)21(26)14(19(18)22(20)27)8-4-7-12-5-2-1-3-6-12/h1-3,5-6,9-11,23-26H,4,7-8H2. The van der Waals surface area contributed by atoms with Crippen molar-refractivity contribution >= 4 is 21.9 Å². The number of phenolic OH excluding ortho intramolecular Hbond substituents is 4. The predicted octanol–water partition coefficient (Wildman–Crippen LogP) is 3.94. The molecule has 0 saturated heterocycles. The lowest BCUT2D eigenvalue weighted by Gasteiger charge is -2.11. The fourth-order valence-corrected chi connectivity index (χ4v) is 3.51. The minimum absolute atomic E-state index is 0.00433. The van der Waals surface area contributed by atoms with Gasteiger partial charge in [0.1, 0.15) is 28.1 Å². The summed E-state index contributed by atoms with van der Waals surface area (Å²) in [5.74, 6) is -1.42. The van der Waals surface area contributed by atoms with E-state index < -0.39 is 16.9 Å². The van der Waals surface area contributed by atoms with Crippen LogP contribution >= 0.6 is 0 Å². The maximum Gasteiger partial charge on any atom is 0.204 e. The molecule has 142 valence electrons. The van der Waals surface area contributed by atoms with E-state index in [2.05, 4.69) is 0 Å². The van der Waals surface area contributed by atoms with Crippen molar-refractivity contribution in [1.29, 1.82) is 0 Å². The summed E-state index contributed by atoms with van der Waals surface area (Å²) in [4.78, 5) is 13.0. The first-order valence-corrected chi connectivity index (χ1v) is 8.86. The van der Waals surface area contributed by atoms with Crippen LogP contribution in [0.5, 0.6) is 23.0 Å². The van der Waals surface area contributed by atoms with Crippen molar-refractivity contribution in [2.75, 3.05) is 0 Å². The van der Waals surface area contributed by atoms with Crippen molar-refractivity contribution in [3.8, 4) is 23.0 Å². The Kier molecular flexibility index (Phi) is 4.31. The van der Waals surface area contributed by atoms with E-state index in [1.807, 2.05) is 30.3 Å². The molecule has 6 heteroatoms. The molecule has 0 fully saturated rings. The van der Waals surface area contributed by atoms with E-state index in [9.17, 15) is 25.2 Å². The molecule has 0 bridgehead atoms. The van der Waals surface area contributed by atoms with Crippen LogP contribution in [0.3, 0.4) is 0 Å². The lowest BCUT2D eigenvalue weighted by molar-refractivity contribution is 0.399. The molecular formula is C22H18O6. The summed E-state index contributed by atoms with van der Waals surface area (Å²) in [5.41, 5.74) is 0.938. The molecule has 28 heavy (non-hydrogen) atoms. The third-order valence-electron chi connectivity index (χ3n) is 4.82. The molecule has 6 nitrogen and oxygen atoms in total. The minimum Gasteiger partial charge on any atom is -0.508 e. The molecule has 0 aliphatic rings. The van der Waals surface area contributed by atoms with Gasteiger partial charge in [-0.2, -0.15) is 0 Å². The topological polar surface area (TPSA) is 111 Å². The van der Waals surface area contributed by atoms with E-state index in [0.29, 0.717) is 12.8 Å². The lowest BCUT2D eigenvalue weighted by atomic mass is 9.98. The highest BCUT2D eigenvalue weighted by Crippen LogP contribution is 2.38. The van der Waals surface area contributed by atoms with Crippen LogP contribution in [0.2, 0.25) is 0 Å². The van der Waals surface area contributed by atoms with Gasteiger partial charge in [0.2, 0.25) is 5.43 Å². The molecular weight excluding hydrogens is 360 g/mol. The molecule has 0 spiro atoms. The largest absolute Gasteiger partial charge is 0.508 e. The zero-order chi connectivity index (χ0) is 19.8. The zero-order valence-electron chi connectivity index (χ0n) is 14.8. The Morgan fingerprint density at radius 3 is 2.25 bits per heavy atom. The SMILES string of the molecule is O=c1c2c(O)cc(O)cc2oc2cc(O)c(O)c(CCCc3ccccc3)c12. The van der Waals surface area contributed by atoms with Gasteiger partial charge in [0, 0.05) is 23.8 Å². The van der Waals surface area contributed by atoms with Gasteiger partial charge in [0.05, 0.1) is 5.39 Å². The number of phenols is 4. The van der Waals surface area contributed by atoms with Gasteiger partial charge >= 0.3 is 0 Å². The van der Waals surface area contributed by atoms with Crippen LogP contribution in [0.4, 0.5) is 0 Å². The van der Waals surface area contributed by atoms with Gasteiger partial charge in [0.15, 0.2) is 11.5 Å². The molecule has 0 aliphatic heterocycles. The zero-order valence-corrected chi connectivity index (χ0v) is 14.8. The van der Waals surface area contributed by atoms with Gasteiger partial charge in [-0.3, -0.25) is 4.79 Å². The average Bonchev–Trinajstić information content (AvgIpc) is 2.65. The van der Waals surface area contributed by atoms with Crippen LogP contribution in [0.25, 0.3) is 21.9 Å². The highest BCUT2D eigenvalue weighted by Gasteiger charge is 2.20. The molecule has 3 aromatic carbocycles. The number of rotatable bonds is 4. The Morgan fingerprint density at radius 1 is 0.786 bits per heavy atom. The first-order chi connectivity index (χ1) is 13.5. The Bertz CT molecular complexity index is 1240. The average molecular weight is 378 g/mol. The third-order valence-corrected chi connectivity index (χ3v) is 4.82. The summed E-state index contributed by atoms with van der Waals surface area (Å²) in [6.07, 6.45) is 1.70. The van der Waals surface area contributed by atoms with Crippen molar-refractivity contribution in [2.24, 2.45) is 0 Å². The Labute approximate surface area is 159 Å². The molecule has 4 N–H and O–H groups in total. The van der Waals surface area contributed by atoms with Crippen LogP contribution in [0.1, 0.15) is 17.5 Å². The summed E-state index contributed by atoms with van der Waals surface area (Å²) in [6.45, 7) is 0. The number of hydrogen-bond donors (Lipinski definition) is 4. The lowest BCUT2D eigenvalue weighted by Crippen LogP contribution is -2.06. The van der Waals surface area contributed by atoms with Gasteiger partial charge in [-0.05, 0) is 24.8 Å². The summed E-state index contributed by atoms with van der Waals surface area (Å²) in [6, 6.07) is 13.2. The molecule has 1 aromatic heterocycles. The number of hydrogen-bond acceptors (Lipinski definition) is 6. The van der Waals surface area contributed by atoms with E-state index >= 15 is 0 Å². The van der Waals surface area contributed by atoms with Gasteiger partial charge in [-0.1, -0.05) is 30.3 Å². The van der Waals surface area contributed by atoms with E-state index in [1.165, 1.54) is 6.07 Å². The number of fused-ring (bicyclic) bond motifs is 2. The Balaban J connectivity index is 1.85. The van der Waals surface area contributed by atoms with Crippen molar-refractivity contribution in [1.82, 2.24) is 0 Å². The maximum absolute atomic E-state index is 13.0. The number of aryl methyl sites for hydroxylation is 2. The van der Waals surface area contributed by atoms with Crippen molar-refractivity contribution < 1.29 is 24.8 Å². The van der Waals surface area contributed by atoms with E-state index in [-0.39, 0.29) is 39.0 Å². The summed E-state index contributed by atoms with van der Waals surface area (Å²) in [7, 11) is 0. The number of aromatic hydroxyl groups is 4. The second kappa shape index (κ2) is 6.81. The van der Waals surface area contributed by atoms with Crippen molar-refractivity contribution in [3.63, 3.8) is 0 Å². The molecule has 0 atom stereocenters. The summed E-state index contributed by atoms with van der Waals surface area (Å²) in [5, 5.41) is 40.2. The third kappa shape index (κ3) is 2.99. The quantitative estimate of drug-likeness (QED) is 0.316. The van der Waals surface area contributed by atoms with Crippen LogP contribution in [-0.2, 0) is 12.8 Å². The molecule has 0 amide bonds. The second-order valence-electron chi connectivity index (χ2n) is 6.70.